The zero-order chi connectivity index (χ0) is 17.1. The molecule has 4 nitrogen and oxygen atoms in total. The first-order valence-corrected chi connectivity index (χ1v) is 8.67. The van der Waals surface area contributed by atoms with Crippen molar-refractivity contribution in [1.82, 2.24) is 9.80 Å². The Labute approximate surface area is 136 Å². The first-order chi connectivity index (χ1) is 10.1. The Kier molecular flexibility index (Phi) is 6.45. The Balaban J connectivity index is 3.05. The molecule has 2 atom stereocenters. The molecule has 2 amide bonds. The molecule has 4 heteroatoms. The summed E-state index contributed by atoms with van der Waals surface area (Å²) in [6.07, 6.45) is 3.83. The monoisotopic (exact) mass is 310 g/mol. The molecule has 0 aromatic heterocycles. The summed E-state index contributed by atoms with van der Waals surface area (Å²) in [5.74, 6) is 0.895. The van der Waals surface area contributed by atoms with Crippen LogP contribution in [0.2, 0.25) is 0 Å². The second kappa shape index (κ2) is 7.47. The van der Waals surface area contributed by atoms with Crippen LogP contribution in [0.25, 0.3) is 0 Å². The number of carbonyl (C=O) groups excluding carboxylic acids is 2. The van der Waals surface area contributed by atoms with Gasteiger partial charge in [-0.2, -0.15) is 0 Å². The van der Waals surface area contributed by atoms with Crippen LogP contribution in [0, 0.1) is 17.8 Å². The molecule has 128 valence electrons. The van der Waals surface area contributed by atoms with E-state index in [9.17, 15) is 9.59 Å². The molecule has 1 heterocycles. The lowest BCUT2D eigenvalue weighted by atomic mass is 9.82. The molecule has 1 rings (SSSR count). The third-order valence-electron chi connectivity index (χ3n) is 5.00. The van der Waals surface area contributed by atoms with Gasteiger partial charge in [0.25, 0.3) is 0 Å². The summed E-state index contributed by atoms with van der Waals surface area (Å²) >= 11 is 0. The fourth-order valence-electron chi connectivity index (χ4n) is 3.52. The smallest absolute Gasteiger partial charge is 0.227 e. The summed E-state index contributed by atoms with van der Waals surface area (Å²) in [5.41, 5.74) is -0.137. The highest BCUT2D eigenvalue weighted by Gasteiger charge is 2.48. The lowest BCUT2D eigenvalue weighted by molar-refractivity contribution is -0.139. The van der Waals surface area contributed by atoms with E-state index < -0.39 is 0 Å². The van der Waals surface area contributed by atoms with E-state index in [1.165, 1.54) is 0 Å². The lowest BCUT2D eigenvalue weighted by Gasteiger charge is -2.39. The van der Waals surface area contributed by atoms with Gasteiger partial charge in [-0.3, -0.25) is 9.59 Å². The molecule has 1 aliphatic rings. The highest BCUT2D eigenvalue weighted by atomic mass is 16.2. The van der Waals surface area contributed by atoms with Gasteiger partial charge in [0.05, 0.1) is 5.92 Å². The van der Waals surface area contributed by atoms with Gasteiger partial charge in [0.1, 0.15) is 0 Å². The van der Waals surface area contributed by atoms with Crippen molar-refractivity contribution < 1.29 is 9.59 Å². The van der Waals surface area contributed by atoms with Crippen molar-refractivity contribution in [1.29, 1.82) is 0 Å². The lowest BCUT2D eigenvalue weighted by Crippen LogP contribution is -2.48. The van der Waals surface area contributed by atoms with Gasteiger partial charge >= 0.3 is 0 Å². The van der Waals surface area contributed by atoms with Crippen LogP contribution >= 0.6 is 0 Å². The predicted octanol–water partition coefficient (Wildman–Crippen LogP) is 3.16. The van der Waals surface area contributed by atoms with Crippen LogP contribution in [0.1, 0.15) is 60.3 Å². The van der Waals surface area contributed by atoms with E-state index in [1.54, 1.807) is 19.0 Å². The second-order valence-electron chi connectivity index (χ2n) is 7.75. The predicted molar refractivity (Wildman–Crippen MR) is 90.4 cm³/mol. The maximum Gasteiger partial charge on any atom is 0.227 e. The van der Waals surface area contributed by atoms with E-state index >= 15 is 0 Å². The molecule has 0 radical (unpaired) electrons. The fraction of sp³-hybridized carbons (Fsp3) is 0.889. The van der Waals surface area contributed by atoms with E-state index in [1.807, 2.05) is 18.7 Å². The van der Waals surface area contributed by atoms with E-state index in [2.05, 4.69) is 20.8 Å². The van der Waals surface area contributed by atoms with Crippen LogP contribution in [0.4, 0.5) is 0 Å². The number of nitrogens with zero attached hydrogens (tertiary/aromatic N) is 2. The van der Waals surface area contributed by atoms with Crippen LogP contribution in [-0.2, 0) is 9.59 Å². The van der Waals surface area contributed by atoms with Crippen LogP contribution in [0.5, 0.6) is 0 Å². The number of hydrogen-bond donors (Lipinski definition) is 0. The van der Waals surface area contributed by atoms with Gasteiger partial charge in [0.2, 0.25) is 11.8 Å². The van der Waals surface area contributed by atoms with Crippen molar-refractivity contribution >= 4 is 11.8 Å². The van der Waals surface area contributed by atoms with Crippen molar-refractivity contribution in [3.63, 3.8) is 0 Å². The van der Waals surface area contributed by atoms with Crippen molar-refractivity contribution in [3.05, 3.63) is 0 Å². The van der Waals surface area contributed by atoms with Gasteiger partial charge in [0, 0.05) is 32.1 Å². The molecular formula is C18H34N2O2. The molecule has 0 N–H and O–H groups in total. The second-order valence-corrected chi connectivity index (χ2v) is 7.75. The van der Waals surface area contributed by atoms with Crippen molar-refractivity contribution in [3.8, 4) is 0 Å². The standard InChI is InChI=1S/C18H34N2O2/c1-8-18(10-9-13(2)3)11-15(17(22)19(6)7)12-20(18)16(21)14(4)5/h13-15H,8-12H2,1-7H3/t15-,18-/m0/s1. The minimum Gasteiger partial charge on any atom is -0.349 e. The van der Waals surface area contributed by atoms with Gasteiger partial charge in [-0.1, -0.05) is 34.6 Å². The zero-order valence-corrected chi connectivity index (χ0v) is 15.5. The summed E-state index contributed by atoms with van der Waals surface area (Å²) in [5, 5.41) is 0. The fourth-order valence-corrected chi connectivity index (χ4v) is 3.52. The Hall–Kier alpha value is -1.06. The Morgan fingerprint density at radius 3 is 2.23 bits per heavy atom. The quantitative estimate of drug-likeness (QED) is 0.756. The largest absolute Gasteiger partial charge is 0.349 e. The highest BCUT2D eigenvalue weighted by molar-refractivity contribution is 5.83. The van der Waals surface area contributed by atoms with Crippen molar-refractivity contribution in [2.75, 3.05) is 20.6 Å². The number of amides is 2. The molecular weight excluding hydrogens is 276 g/mol. The summed E-state index contributed by atoms with van der Waals surface area (Å²) < 4.78 is 0. The maximum absolute atomic E-state index is 12.7. The number of rotatable bonds is 6. The van der Waals surface area contributed by atoms with Gasteiger partial charge in [-0.25, -0.2) is 0 Å². The SMILES string of the molecule is CC[C@]1(CCC(C)C)C[C@H](C(=O)N(C)C)CN1C(=O)C(C)C. The van der Waals surface area contributed by atoms with E-state index in [0.717, 1.165) is 25.7 Å². The zero-order valence-electron chi connectivity index (χ0n) is 15.5. The Morgan fingerprint density at radius 1 is 1.23 bits per heavy atom. The van der Waals surface area contributed by atoms with Gasteiger partial charge in [-0.15, -0.1) is 0 Å². The van der Waals surface area contributed by atoms with Gasteiger partial charge < -0.3 is 9.80 Å². The molecule has 0 aromatic carbocycles. The van der Waals surface area contributed by atoms with E-state index in [-0.39, 0.29) is 29.2 Å². The third kappa shape index (κ3) is 4.02. The Morgan fingerprint density at radius 2 is 1.82 bits per heavy atom. The van der Waals surface area contributed by atoms with Crippen molar-refractivity contribution in [2.24, 2.45) is 17.8 Å². The maximum atomic E-state index is 12.7. The van der Waals surface area contributed by atoms with Gasteiger partial charge in [0.15, 0.2) is 0 Å². The molecule has 1 fully saturated rings. The first kappa shape index (κ1) is 19.0. The normalized spacial score (nSPS) is 25.1. The summed E-state index contributed by atoms with van der Waals surface area (Å²) in [4.78, 5) is 28.8. The van der Waals surface area contributed by atoms with Crippen molar-refractivity contribution in [2.45, 2.75) is 65.8 Å². The molecule has 0 aromatic rings. The van der Waals surface area contributed by atoms with Crippen LogP contribution in [-0.4, -0.2) is 47.8 Å². The topological polar surface area (TPSA) is 40.6 Å². The molecule has 1 saturated heterocycles. The highest BCUT2D eigenvalue weighted by Crippen LogP contribution is 2.41. The molecule has 0 unspecified atom stereocenters. The minimum atomic E-state index is -0.137. The molecule has 1 aliphatic heterocycles. The molecule has 0 bridgehead atoms. The molecule has 22 heavy (non-hydrogen) atoms. The number of carbonyl (C=O) groups is 2. The third-order valence-corrected chi connectivity index (χ3v) is 5.00. The van der Waals surface area contributed by atoms with Crippen LogP contribution in [0.3, 0.4) is 0 Å². The van der Waals surface area contributed by atoms with Crippen LogP contribution in [0.15, 0.2) is 0 Å². The van der Waals surface area contributed by atoms with E-state index in [4.69, 9.17) is 0 Å². The average Bonchev–Trinajstić information content (AvgIpc) is 2.83. The van der Waals surface area contributed by atoms with Gasteiger partial charge in [-0.05, 0) is 31.6 Å². The Bertz CT molecular complexity index is 404. The molecule has 0 saturated carbocycles. The van der Waals surface area contributed by atoms with E-state index in [0.29, 0.717) is 12.5 Å². The summed E-state index contributed by atoms with van der Waals surface area (Å²) in [6, 6.07) is 0. The number of likely N-dealkylation sites (tertiary alicyclic amines) is 1. The summed E-state index contributed by atoms with van der Waals surface area (Å²) in [6.45, 7) is 11.1. The first-order valence-electron chi connectivity index (χ1n) is 8.67. The summed E-state index contributed by atoms with van der Waals surface area (Å²) in [7, 11) is 3.61. The molecule has 0 aliphatic carbocycles. The van der Waals surface area contributed by atoms with Crippen LogP contribution < -0.4 is 0 Å². The molecule has 0 spiro atoms. The average molecular weight is 310 g/mol. The number of hydrogen-bond acceptors (Lipinski definition) is 2. The minimum absolute atomic E-state index is 0.0156.